The summed E-state index contributed by atoms with van der Waals surface area (Å²) in [5, 5.41) is 6.99. The molecule has 1 N–H and O–H groups in total. The molecule has 1 fully saturated rings. The first kappa shape index (κ1) is 13.7. The van der Waals surface area contributed by atoms with Gasteiger partial charge in [0.25, 0.3) is 5.91 Å². The van der Waals surface area contributed by atoms with Crippen molar-refractivity contribution in [3.05, 3.63) is 36.7 Å². The summed E-state index contributed by atoms with van der Waals surface area (Å²) in [6, 6.07) is 0. The molecule has 0 spiro atoms. The van der Waals surface area contributed by atoms with Crippen LogP contribution in [-0.2, 0) is 11.3 Å². The molecule has 1 aliphatic rings. The topological polar surface area (TPSA) is 81.9 Å². The lowest BCUT2D eigenvalue weighted by atomic mass is 10.1. The van der Waals surface area contributed by atoms with Gasteiger partial charge in [0.1, 0.15) is 5.69 Å². The molecule has 110 valence electrons. The average Bonchev–Trinajstić information content (AvgIpc) is 2.96. The molecule has 21 heavy (non-hydrogen) atoms. The van der Waals surface area contributed by atoms with Gasteiger partial charge in [-0.15, -0.1) is 0 Å². The van der Waals surface area contributed by atoms with E-state index in [-0.39, 0.29) is 17.7 Å². The lowest BCUT2D eigenvalue weighted by Gasteiger charge is -2.22. The van der Waals surface area contributed by atoms with Crippen LogP contribution < -0.4 is 5.32 Å². The minimum absolute atomic E-state index is 0.210. The maximum absolute atomic E-state index is 11.9. The van der Waals surface area contributed by atoms with E-state index in [0.29, 0.717) is 12.2 Å². The van der Waals surface area contributed by atoms with E-state index in [1.165, 1.54) is 25.0 Å². The molecular formula is C14H17N5O2. The summed E-state index contributed by atoms with van der Waals surface area (Å²) in [6.07, 6.45) is 11.5. The van der Waals surface area contributed by atoms with E-state index in [0.717, 1.165) is 19.4 Å². The molecule has 0 unspecified atom stereocenters. The van der Waals surface area contributed by atoms with Crippen LogP contribution in [0.4, 0.5) is 5.69 Å². The van der Waals surface area contributed by atoms with Gasteiger partial charge in [-0.25, -0.2) is 4.98 Å². The third-order valence-corrected chi connectivity index (χ3v) is 3.35. The SMILES string of the molecule is O=C(Nc1cnn(C[C@H]2CCCCO2)c1)c1cnccn1. The van der Waals surface area contributed by atoms with Crippen LogP contribution >= 0.6 is 0 Å². The normalized spacial score (nSPS) is 18.4. The van der Waals surface area contributed by atoms with Crippen LogP contribution in [0.25, 0.3) is 0 Å². The molecule has 7 nitrogen and oxygen atoms in total. The molecule has 3 heterocycles. The standard InChI is InChI=1S/C14H17N5O2/c20-14(13-8-15-4-5-16-13)18-11-7-17-19(9-11)10-12-3-1-2-6-21-12/h4-5,7-9,12H,1-3,6,10H2,(H,18,20)/t12-/m1/s1. The van der Waals surface area contributed by atoms with Crippen LogP contribution in [0.1, 0.15) is 29.8 Å². The van der Waals surface area contributed by atoms with E-state index in [4.69, 9.17) is 4.74 Å². The third kappa shape index (κ3) is 3.63. The molecule has 1 amide bonds. The van der Waals surface area contributed by atoms with Gasteiger partial charge in [-0.3, -0.25) is 14.5 Å². The Morgan fingerprint density at radius 1 is 1.38 bits per heavy atom. The van der Waals surface area contributed by atoms with Gasteiger partial charge < -0.3 is 10.1 Å². The summed E-state index contributed by atoms with van der Waals surface area (Å²) in [5.74, 6) is -0.295. The monoisotopic (exact) mass is 287 g/mol. The molecule has 1 saturated heterocycles. The minimum atomic E-state index is -0.295. The number of ether oxygens (including phenoxy) is 1. The smallest absolute Gasteiger partial charge is 0.275 e. The maximum Gasteiger partial charge on any atom is 0.275 e. The quantitative estimate of drug-likeness (QED) is 0.921. The van der Waals surface area contributed by atoms with Gasteiger partial charge in [-0.1, -0.05) is 0 Å². The van der Waals surface area contributed by atoms with Crippen LogP contribution in [0, 0.1) is 0 Å². The summed E-state index contributed by atoms with van der Waals surface area (Å²) in [4.78, 5) is 19.8. The molecule has 0 bridgehead atoms. The highest BCUT2D eigenvalue weighted by molar-refractivity contribution is 6.02. The first-order valence-electron chi connectivity index (χ1n) is 7.03. The zero-order valence-electron chi connectivity index (χ0n) is 11.6. The highest BCUT2D eigenvalue weighted by Crippen LogP contribution is 2.15. The van der Waals surface area contributed by atoms with Crippen molar-refractivity contribution >= 4 is 11.6 Å². The summed E-state index contributed by atoms with van der Waals surface area (Å²) in [5.41, 5.74) is 0.919. The number of rotatable bonds is 4. The largest absolute Gasteiger partial charge is 0.376 e. The van der Waals surface area contributed by atoms with Gasteiger partial charge >= 0.3 is 0 Å². The van der Waals surface area contributed by atoms with E-state index in [9.17, 15) is 4.79 Å². The fraction of sp³-hybridized carbons (Fsp3) is 0.429. The lowest BCUT2D eigenvalue weighted by molar-refractivity contribution is 0.00401. The number of carbonyl (C=O) groups excluding carboxylic acids is 1. The van der Waals surface area contributed by atoms with Crippen LogP contribution in [0.3, 0.4) is 0 Å². The number of amides is 1. The number of hydrogen-bond donors (Lipinski definition) is 1. The molecule has 0 aliphatic carbocycles. The number of aromatic nitrogens is 4. The zero-order valence-corrected chi connectivity index (χ0v) is 11.6. The Kier molecular flexibility index (Phi) is 4.20. The lowest BCUT2D eigenvalue weighted by Crippen LogP contribution is -2.24. The Labute approximate surface area is 122 Å². The third-order valence-electron chi connectivity index (χ3n) is 3.35. The van der Waals surface area contributed by atoms with Crippen molar-refractivity contribution in [3.8, 4) is 0 Å². The predicted octanol–water partition coefficient (Wildman–Crippen LogP) is 1.49. The number of carbonyl (C=O) groups is 1. The molecule has 2 aromatic heterocycles. The van der Waals surface area contributed by atoms with E-state index in [1.54, 1.807) is 17.1 Å². The summed E-state index contributed by atoms with van der Waals surface area (Å²) in [6.45, 7) is 1.53. The molecule has 1 aliphatic heterocycles. The minimum Gasteiger partial charge on any atom is -0.376 e. The molecule has 7 heteroatoms. The van der Waals surface area contributed by atoms with Crippen LogP contribution in [0.2, 0.25) is 0 Å². The second kappa shape index (κ2) is 6.45. The van der Waals surface area contributed by atoms with Crippen LogP contribution in [0.15, 0.2) is 31.0 Å². The Bertz CT molecular complexity index is 592. The molecule has 3 rings (SSSR count). The summed E-state index contributed by atoms with van der Waals surface area (Å²) >= 11 is 0. The van der Waals surface area contributed by atoms with Gasteiger partial charge in [0.15, 0.2) is 0 Å². The molecule has 0 saturated carbocycles. The van der Waals surface area contributed by atoms with Gasteiger partial charge in [0, 0.05) is 25.2 Å². The first-order valence-corrected chi connectivity index (χ1v) is 7.03. The summed E-state index contributed by atoms with van der Waals surface area (Å²) in [7, 11) is 0. The highest BCUT2D eigenvalue weighted by Gasteiger charge is 2.15. The Morgan fingerprint density at radius 2 is 2.33 bits per heavy atom. The zero-order chi connectivity index (χ0) is 14.5. The molecule has 2 aromatic rings. The molecule has 0 radical (unpaired) electrons. The number of nitrogens with zero attached hydrogens (tertiary/aromatic N) is 4. The Morgan fingerprint density at radius 3 is 3.10 bits per heavy atom. The van der Waals surface area contributed by atoms with Gasteiger partial charge in [0.2, 0.25) is 0 Å². The number of hydrogen-bond acceptors (Lipinski definition) is 5. The van der Waals surface area contributed by atoms with Crippen molar-refractivity contribution in [1.82, 2.24) is 19.7 Å². The molecule has 0 aromatic carbocycles. The van der Waals surface area contributed by atoms with Crippen molar-refractivity contribution in [2.75, 3.05) is 11.9 Å². The second-order valence-corrected chi connectivity index (χ2v) is 4.98. The first-order chi connectivity index (χ1) is 10.3. The highest BCUT2D eigenvalue weighted by atomic mass is 16.5. The number of nitrogens with one attached hydrogen (secondary N) is 1. The average molecular weight is 287 g/mol. The Balaban J connectivity index is 1.58. The molecular weight excluding hydrogens is 270 g/mol. The van der Waals surface area contributed by atoms with Crippen molar-refractivity contribution in [1.29, 1.82) is 0 Å². The van der Waals surface area contributed by atoms with Crippen molar-refractivity contribution in [2.24, 2.45) is 0 Å². The predicted molar refractivity (Wildman–Crippen MR) is 75.8 cm³/mol. The fourth-order valence-electron chi connectivity index (χ4n) is 2.30. The van der Waals surface area contributed by atoms with Gasteiger partial charge in [0.05, 0.1) is 30.7 Å². The van der Waals surface area contributed by atoms with Gasteiger partial charge in [-0.05, 0) is 19.3 Å². The maximum atomic E-state index is 11.9. The van der Waals surface area contributed by atoms with Crippen molar-refractivity contribution in [3.63, 3.8) is 0 Å². The molecule has 1 atom stereocenters. The van der Waals surface area contributed by atoms with Crippen molar-refractivity contribution < 1.29 is 9.53 Å². The van der Waals surface area contributed by atoms with Gasteiger partial charge in [-0.2, -0.15) is 5.10 Å². The van der Waals surface area contributed by atoms with E-state index in [2.05, 4.69) is 20.4 Å². The summed E-state index contributed by atoms with van der Waals surface area (Å²) < 4.78 is 7.47. The van der Waals surface area contributed by atoms with Crippen LogP contribution in [-0.4, -0.2) is 38.4 Å². The van der Waals surface area contributed by atoms with E-state index < -0.39 is 0 Å². The van der Waals surface area contributed by atoms with Crippen molar-refractivity contribution in [2.45, 2.75) is 31.9 Å². The second-order valence-electron chi connectivity index (χ2n) is 4.98. The van der Waals surface area contributed by atoms with E-state index >= 15 is 0 Å². The number of anilines is 1. The Hall–Kier alpha value is -2.28. The van der Waals surface area contributed by atoms with E-state index in [1.807, 2.05) is 0 Å². The van der Waals surface area contributed by atoms with Crippen LogP contribution in [0.5, 0.6) is 0 Å². The fourth-order valence-corrected chi connectivity index (χ4v) is 2.30.